The highest BCUT2D eigenvalue weighted by Crippen LogP contribution is 2.27. The molecule has 0 fully saturated rings. The van der Waals surface area contributed by atoms with Crippen LogP contribution in [0.3, 0.4) is 0 Å². The highest BCUT2D eigenvalue weighted by Gasteiger charge is 2.09. The SMILES string of the molecule is Cc1cc2oc(=O)cc(CNc3cccc4ccccc34)c2cc1Cl. The molecule has 0 radical (unpaired) electrons. The Morgan fingerprint density at radius 2 is 1.80 bits per heavy atom. The van der Waals surface area contributed by atoms with Crippen molar-refractivity contribution in [2.75, 3.05) is 5.32 Å². The summed E-state index contributed by atoms with van der Waals surface area (Å²) in [5.41, 5.74) is 2.98. The van der Waals surface area contributed by atoms with Crippen molar-refractivity contribution in [3.05, 3.63) is 87.2 Å². The number of hydrogen-bond donors (Lipinski definition) is 1. The van der Waals surface area contributed by atoms with Crippen LogP contribution in [0.4, 0.5) is 5.69 Å². The quantitative estimate of drug-likeness (QED) is 0.495. The summed E-state index contributed by atoms with van der Waals surface area (Å²) in [5, 5.41) is 7.26. The second kappa shape index (κ2) is 6.26. The summed E-state index contributed by atoms with van der Waals surface area (Å²) in [6.07, 6.45) is 0. The van der Waals surface area contributed by atoms with Crippen molar-refractivity contribution >= 4 is 39.0 Å². The first-order valence-electron chi connectivity index (χ1n) is 8.06. The maximum atomic E-state index is 11.9. The first-order valence-corrected chi connectivity index (χ1v) is 8.44. The molecule has 25 heavy (non-hydrogen) atoms. The van der Waals surface area contributed by atoms with Crippen molar-refractivity contribution in [2.45, 2.75) is 13.5 Å². The van der Waals surface area contributed by atoms with Crippen molar-refractivity contribution in [3.63, 3.8) is 0 Å². The van der Waals surface area contributed by atoms with E-state index in [9.17, 15) is 4.79 Å². The van der Waals surface area contributed by atoms with Crippen molar-refractivity contribution in [3.8, 4) is 0 Å². The molecule has 4 rings (SSSR count). The molecule has 1 aromatic heterocycles. The highest BCUT2D eigenvalue weighted by molar-refractivity contribution is 6.32. The summed E-state index contributed by atoms with van der Waals surface area (Å²) >= 11 is 6.25. The number of fused-ring (bicyclic) bond motifs is 2. The van der Waals surface area contributed by atoms with Crippen molar-refractivity contribution < 1.29 is 4.42 Å². The van der Waals surface area contributed by atoms with Gasteiger partial charge in [-0.25, -0.2) is 4.79 Å². The first-order chi connectivity index (χ1) is 12.1. The van der Waals surface area contributed by atoms with Gasteiger partial charge < -0.3 is 9.73 Å². The van der Waals surface area contributed by atoms with E-state index in [0.29, 0.717) is 17.2 Å². The summed E-state index contributed by atoms with van der Waals surface area (Å²) in [7, 11) is 0. The number of aryl methyl sites for hydroxylation is 1. The standard InChI is InChI=1S/C21H16ClNO2/c1-13-9-20-17(11-18(13)22)15(10-21(24)25-20)12-23-19-8-4-6-14-5-2-3-7-16(14)19/h2-11,23H,12H2,1H3. The van der Waals surface area contributed by atoms with E-state index in [1.807, 2.05) is 37.3 Å². The van der Waals surface area contributed by atoms with E-state index in [1.165, 1.54) is 11.5 Å². The Morgan fingerprint density at radius 3 is 2.68 bits per heavy atom. The van der Waals surface area contributed by atoms with Crippen LogP contribution in [0.25, 0.3) is 21.7 Å². The van der Waals surface area contributed by atoms with Crippen LogP contribution in [0.15, 0.2) is 69.9 Å². The van der Waals surface area contributed by atoms with E-state index >= 15 is 0 Å². The summed E-state index contributed by atoms with van der Waals surface area (Å²) in [4.78, 5) is 11.9. The molecule has 0 aliphatic carbocycles. The predicted octanol–water partition coefficient (Wildman–Crippen LogP) is 5.52. The number of hydrogen-bond acceptors (Lipinski definition) is 3. The second-order valence-corrected chi connectivity index (χ2v) is 6.48. The zero-order valence-corrected chi connectivity index (χ0v) is 14.4. The van der Waals surface area contributed by atoms with Gasteiger partial charge in [0.2, 0.25) is 0 Å². The third-order valence-corrected chi connectivity index (χ3v) is 4.78. The molecule has 3 nitrogen and oxygen atoms in total. The van der Waals surface area contributed by atoms with Crippen LogP contribution in [-0.4, -0.2) is 0 Å². The molecule has 0 spiro atoms. The third-order valence-electron chi connectivity index (χ3n) is 4.37. The molecule has 4 aromatic rings. The highest BCUT2D eigenvalue weighted by atomic mass is 35.5. The average Bonchev–Trinajstić information content (AvgIpc) is 2.61. The van der Waals surface area contributed by atoms with Crippen LogP contribution < -0.4 is 10.9 Å². The minimum Gasteiger partial charge on any atom is -0.423 e. The molecule has 1 heterocycles. The van der Waals surface area contributed by atoms with Crippen molar-refractivity contribution in [1.29, 1.82) is 0 Å². The lowest BCUT2D eigenvalue weighted by atomic mass is 10.1. The smallest absolute Gasteiger partial charge is 0.336 e. The van der Waals surface area contributed by atoms with Gasteiger partial charge in [-0.15, -0.1) is 0 Å². The molecule has 124 valence electrons. The Labute approximate surface area is 149 Å². The molecule has 0 saturated carbocycles. The fourth-order valence-corrected chi connectivity index (χ4v) is 3.23. The summed E-state index contributed by atoms with van der Waals surface area (Å²) in [6.45, 7) is 2.40. The van der Waals surface area contributed by atoms with Crippen LogP contribution in [-0.2, 0) is 6.54 Å². The molecular formula is C21H16ClNO2. The van der Waals surface area contributed by atoms with Gasteiger partial charge in [0.1, 0.15) is 5.58 Å². The van der Waals surface area contributed by atoms with Gasteiger partial charge in [-0.1, -0.05) is 48.0 Å². The topological polar surface area (TPSA) is 42.2 Å². The zero-order chi connectivity index (χ0) is 17.4. The number of benzene rings is 3. The third kappa shape index (κ3) is 2.99. The Morgan fingerprint density at radius 1 is 1.00 bits per heavy atom. The lowest BCUT2D eigenvalue weighted by molar-refractivity contribution is 0.559. The molecule has 1 N–H and O–H groups in total. The molecule has 0 aliphatic heterocycles. The monoisotopic (exact) mass is 349 g/mol. The minimum atomic E-state index is -0.357. The van der Waals surface area contributed by atoms with Gasteiger partial charge >= 0.3 is 5.63 Å². The maximum Gasteiger partial charge on any atom is 0.336 e. The first kappa shape index (κ1) is 15.7. The predicted molar refractivity (Wildman–Crippen MR) is 104 cm³/mol. The minimum absolute atomic E-state index is 0.357. The molecule has 3 aromatic carbocycles. The Hall–Kier alpha value is -2.78. The van der Waals surface area contributed by atoms with E-state index < -0.39 is 0 Å². The molecular weight excluding hydrogens is 334 g/mol. The lowest BCUT2D eigenvalue weighted by Crippen LogP contribution is -2.06. The summed E-state index contributed by atoms with van der Waals surface area (Å²) in [6, 6.07) is 19.5. The van der Waals surface area contributed by atoms with Crippen molar-refractivity contribution in [2.24, 2.45) is 0 Å². The maximum absolute atomic E-state index is 11.9. The van der Waals surface area contributed by atoms with Crippen LogP contribution in [0.1, 0.15) is 11.1 Å². The fourth-order valence-electron chi connectivity index (χ4n) is 3.06. The van der Waals surface area contributed by atoms with Gasteiger partial charge in [0.15, 0.2) is 0 Å². The molecule has 0 unspecified atom stereocenters. The summed E-state index contributed by atoms with van der Waals surface area (Å²) < 4.78 is 5.32. The van der Waals surface area contributed by atoms with E-state index in [2.05, 4.69) is 23.5 Å². The fraction of sp³-hybridized carbons (Fsp3) is 0.0952. The number of nitrogens with one attached hydrogen (secondary N) is 1. The molecule has 4 heteroatoms. The van der Waals surface area contributed by atoms with Gasteiger partial charge in [-0.05, 0) is 41.6 Å². The van der Waals surface area contributed by atoms with Crippen molar-refractivity contribution in [1.82, 2.24) is 0 Å². The van der Waals surface area contributed by atoms with Gasteiger partial charge in [0.25, 0.3) is 0 Å². The normalized spacial score (nSPS) is 11.1. The van der Waals surface area contributed by atoms with Crippen LogP contribution in [0.5, 0.6) is 0 Å². The van der Waals surface area contributed by atoms with Crippen LogP contribution >= 0.6 is 11.6 Å². The van der Waals surface area contributed by atoms with Crippen LogP contribution in [0.2, 0.25) is 5.02 Å². The van der Waals surface area contributed by atoms with Gasteiger partial charge in [-0.3, -0.25) is 0 Å². The van der Waals surface area contributed by atoms with Gasteiger partial charge in [-0.2, -0.15) is 0 Å². The Bertz CT molecular complexity index is 1140. The molecule has 0 atom stereocenters. The number of rotatable bonds is 3. The number of anilines is 1. The summed E-state index contributed by atoms with van der Waals surface area (Å²) in [5.74, 6) is 0. The van der Waals surface area contributed by atoms with E-state index in [0.717, 1.165) is 27.6 Å². The Kier molecular flexibility index (Phi) is 3.94. The van der Waals surface area contributed by atoms with E-state index in [-0.39, 0.29) is 5.63 Å². The second-order valence-electron chi connectivity index (χ2n) is 6.07. The number of halogens is 1. The molecule has 0 amide bonds. The van der Waals surface area contributed by atoms with E-state index in [1.54, 1.807) is 6.07 Å². The zero-order valence-electron chi connectivity index (χ0n) is 13.7. The molecule has 0 bridgehead atoms. The van der Waals surface area contributed by atoms with Gasteiger partial charge in [0, 0.05) is 34.1 Å². The van der Waals surface area contributed by atoms with Crippen LogP contribution in [0, 0.1) is 6.92 Å². The molecule has 0 saturated heterocycles. The molecule has 0 aliphatic rings. The van der Waals surface area contributed by atoms with Gasteiger partial charge in [0.05, 0.1) is 0 Å². The average molecular weight is 350 g/mol. The lowest BCUT2D eigenvalue weighted by Gasteiger charge is -2.12. The largest absolute Gasteiger partial charge is 0.423 e. The van der Waals surface area contributed by atoms with E-state index in [4.69, 9.17) is 16.0 Å². The Balaban J connectivity index is 1.76.